The fourth-order valence-electron chi connectivity index (χ4n) is 2.01. The second-order valence-corrected chi connectivity index (χ2v) is 4.31. The third-order valence-corrected chi connectivity index (χ3v) is 3.02. The number of nitrogens with zero attached hydrogens (tertiary/aromatic N) is 1. The average molecular weight is 220 g/mol. The summed E-state index contributed by atoms with van der Waals surface area (Å²) in [5.41, 5.74) is 1.22. The van der Waals surface area contributed by atoms with E-state index in [1.807, 2.05) is 13.1 Å². The first-order chi connectivity index (χ1) is 7.81. The molecule has 0 bridgehead atoms. The van der Waals surface area contributed by atoms with Crippen molar-refractivity contribution in [3.63, 3.8) is 0 Å². The number of benzene rings is 1. The summed E-state index contributed by atoms with van der Waals surface area (Å²) in [5, 5.41) is 3.28. The van der Waals surface area contributed by atoms with Crippen molar-refractivity contribution in [3.05, 3.63) is 24.3 Å². The number of nitrogens with one attached hydrogen (secondary N) is 1. The van der Waals surface area contributed by atoms with E-state index in [9.17, 15) is 0 Å². The van der Waals surface area contributed by atoms with Crippen LogP contribution in [0, 0.1) is 0 Å². The molecule has 0 spiro atoms. The Morgan fingerprint density at radius 3 is 3.06 bits per heavy atom. The van der Waals surface area contributed by atoms with Gasteiger partial charge in [0, 0.05) is 19.1 Å². The second-order valence-electron chi connectivity index (χ2n) is 4.31. The zero-order valence-electron chi connectivity index (χ0n) is 10.1. The Balaban J connectivity index is 2.19. The minimum atomic E-state index is 0.492. The van der Waals surface area contributed by atoms with Crippen molar-refractivity contribution in [1.82, 2.24) is 5.32 Å². The van der Waals surface area contributed by atoms with Crippen LogP contribution in [0.2, 0.25) is 0 Å². The average Bonchev–Trinajstić information content (AvgIpc) is 2.52. The zero-order chi connectivity index (χ0) is 11.4. The van der Waals surface area contributed by atoms with Gasteiger partial charge in [0.1, 0.15) is 5.75 Å². The number of likely N-dealkylation sites (N-methyl/N-ethyl adjacent to an activating group) is 1. The first-order valence-corrected chi connectivity index (χ1v) is 5.95. The van der Waals surface area contributed by atoms with E-state index in [1.54, 1.807) is 0 Å². The predicted octanol–water partition coefficient (Wildman–Crippen LogP) is 1.88. The topological polar surface area (TPSA) is 24.5 Å². The molecule has 1 atom stereocenters. The lowest BCUT2D eigenvalue weighted by Crippen LogP contribution is -2.37. The minimum Gasteiger partial charge on any atom is -0.491 e. The summed E-state index contributed by atoms with van der Waals surface area (Å²) in [4.78, 5) is 2.41. The summed E-state index contributed by atoms with van der Waals surface area (Å²) in [6.45, 7) is 5.12. The maximum Gasteiger partial charge on any atom is 0.142 e. The van der Waals surface area contributed by atoms with Gasteiger partial charge in [0.2, 0.25) is 0 Å². The maximum absolute atomic E-state index is 5.73. The van der Waals surface area contributed by atoms with Crippen LogP contribution in [0.5, 0.6) is 5.75 Å². The Bertz CT molecular complexity index is 340. The van der Waals surface area contributed by atoms with Crippen LogP contribution < -0.4 is 15.0 Å². The molecule has 1 aromatic carbocycles. The van der Waals surface area contributed by atoms with E-state index >= 15 is 0 Å². The van der Waals surface area contributed by atoms with Crippen LogP contribution in [0.15, 0.2) is 24.3 Å². The Morgan fingerprint density at radius 1 is 1.44 bits per heavy atom. The molecular weight excluding hydrogens is 200 g/mol. The molecule has 1 aromatic rings. The third kappa shape index (κ3) is 2.47. The lowest BCUT2D eigenvalue weighted by molar-refractivity contribution is 0.322. The minimum absolute atomic E-state index is 0.492. The number of ether oxygens (including phenoxy) is 1. The molecule has 1 aliphatic rings. The van der Waals surface area contributed by atoms with Gasteiger partial charge in [-0.1, -0.05) is 12.1 Å². The summed E-state index contributed by atoms with van der Waals surface area (Å²) >= 11 is 0. The smallest absolute Gasteiger partial charge is 0.142 e. The molecule has 88 valence electrons. The monoisotopic (exact) mass is 220 g/mol. The molecule has 0 saturated heterocycles. The highest BCUT2D eigenvalue weighted by molar-refractivity contribution is 5.59. The van der Waals surface area contributed by atoms with E-state index in [4.69, 9.17) is 4.74 Å². The van der Waals surface area contributed by atoms with Crippen molar-refractivity contribution >= 4 is 5.69 Å². The van der Waals surface area contributed by atoms with Crippen LogP contribution in [0.1, 0.15) is 13.3 Å². The zero-order valence-corrected chi connectivity index (χ0v) is 10.1. The van der Waals surface area contributed by atoms with Crippen LogP contribution >= 0.6 is 0 Å². The van der Waals surface area contributed by atoms with Crippen molar-refractivity contribution in [2.45, 2.75) is 19.4 Å². The predicted molar refractivity (Wildman–Crippen MR) is 67.3 cm³/mol. The lowest BCUT2D eigenvalue weighted by Gasteiger charge is -2.26. The first-order valence-electron chi connectivity index (χ1n) is 5.95. The summed E-state index contributed by atoms with van der Waals surface area (Å²) in [7, 11) is 2.00. The number of para-hydroxylation sites is 2. The van der Waals surface area contributed by atoms with E-state index in [1.165, 1.54) is 5.69 Å². The van der Waals surface area contributed by atoms with Crippen molar-refractivity contribution < 1.29 is 4.74 Å². The quantitative estimate of drug-likeness (QED) is 0.842. The first kappa shape index (κ1) is 11.3. The van der Waals surface area contributed by atoms with Crippen molar-refractivity contribution in [1.29, 1.82) is 0 Å². The highest BCUT2D eigenvalue weighted by atomic mass is 16.5. The molecule has 0 saturated carbocycles. The van der Waals surface area contributed by atoms with Gasteiger partial charge in [-0.25, -0.2) is 0 Å². The Labute approximate surface area is 97.4 Å². The Hall–Kier alpha value is -1.22. The molecule has 0 amide bonds. The Kier molecular flexibility index (Phi) is 3.67. The fourth-order valence-corrected chi connectivity index (χ4v) is 2.01. The normalized spacial score (nSPS) is 17.2. The summed E-state index contributed by atoms with van der Waals surface area (Å²) in [6.07, 6.45) is 1.09. The highest BCUT2D eigenvalue weighted by Crippen LogP contribution is 2.30. The van der Waals surface area contributed by atoms with Gasteiger partial charge in [-0.2, -0.15) is 0 Å². The maximum atomic E-state index is 5.73. The molecule has 0 radical (unpaired) electrons. The van der Waals surface area contributed by atoms with Gasteiger partial charge in [0.25, 0.3) is 0 Å². The second kappa shape index (κ2) is 5.21. The molecular formula is C13H20N2O. The van der Waals surface area contributed by atoms with Crippen molar-refractivity contribution in [2.24, 2.45) is 0 Å². The summed E-state index contributed by atoms with van der Waals surface area (Å²) < 4.78 is 5.73. The van der Waals surface area contributed by atoms with E-state index in [2.05, 4.69) is 35.3 Å². The van der Waals surface area contributed by atoms with Crippen molar-refractivity contribution in [2.75, 3.05) is 31.6 Å². The van der Waals surface area contributed by atoms with Gasteiger partial charge in [0.05, 0.1) is 12.3 Å². The molecule has 0 aliphatic carbocycles. The molecule has 2 rings (SSSR count). The number of hydrogen-bond acceptors (Lipinski definition) is 3. The van der Waals surface area contributed by atoms with Gasteiger partial charge >= 0.3 is 0 Å². The van der Waals surface area contributed by atoms with E-state index < -0.39 is 0 Å². The number of fused-ring (bicyclic) bond motifs is 1. The SMILES string of the molecule is CNC(C)CN1CCCOc2ccccc21. The molecule has 1 aliphatic heterocycles. The van der Waals surface area contributed by atoms with Crippen molar-refractivity contribution in [3.8, 4) is 5.75 Å². The summed E-state index contributed by atoms with van der Waals surface area (Å²) in [6, 6.07) is 8.79. The van der Waals surface area contributed by atoms with Crippen LogP contribution in [0.25, 0.3) is 0 Å². The van der Waals surface area contributed by atoms with Gasteiger partial charge in [0.15, 0.2) is 0 Å². The molecule has 1 heterocycles. The van der Waals surface area contributed by atoms with E-state index in [0.29, 0.717) is 6.04 Å². The van der Waals surface area contributed by atoms with E-state index in [-0.39, 0.29) is 0 Å². The molecule has 16 heavy (non-hydrogen) atoms. The number of rotatable bonds is 3. The molecule has 0 fully saturated rings. The largest absolute Gasteiger partial charge is 0.491 e. The van der Waals surface area contributed by atoms with Crippen LogP contribution in [0.4, 0.5) is 5.69 Å². The Morgan fingerprint density at radius 2 is 2.25 bits per heavy atom. The van der Waals surface area contributed by atoms with Crippen LogP contribution in [-0.2, 0) is 0 Å². The molecule has 3 heteroatoms. The third-order valence-electron chi connectivity index (χ3n) is 3.02. The molecule has 3 nitrogen and oxygen atoms in total. The van der Waals surface area contributed by atoms with Gasteiger partial charge in [-0.15, -0.1) is 0 Å². The van der Waals surface area contributed by atoms with Gasteiger partial charge < -0.3 is 15.0 Å². The van der Waals surface area contributed by atoms with Crippen LogP contribution in [0.3, 0.4) is 0 Å². The summed E-state index contributed by atoms with van der Waals surface area (Å²) in [5.74, 6) is 1.02. The highest BCUT2D eigenvalue weighted by Gasteiger charge is 2.16. The van der Waals surface area contributed by atoms with Gasteiger partial charge in [-0.05, 0) is 32.5 Å². The van der Waals surface area contributed by atoms with Crippen LogP contribution in [-0.4, -0.2) is 32.8 Å². The molecule has 1 unspecified atom stereocenters. The van der Waals surface area contributed by atoms with Gasteiger partial charge in [-0.3, -0.25) is 0 Å². The molecule has 0 aromatic heterocycles. The van der Waals surface area contributed by atoms with E-state index in [0.717, 1.165) is 31.9 Å². The number of hydrogen-bond donors (Lipinski definition) is 1. The number of anilines is 1. The lowest BCUT2D eigenvalue weighted by atomic mass is 10.2. The standard InChI is InChI=1S/C13H20N2O/c1-11(14-2)10-15-8-5-9-16-13-7-4-3-6-12(13)15/h3-4,6-7,11,14H,5,8-10H2,1-2H3. The molecule has 1 N–H and O–H groups in total. The fraction of sp³-hybridized carbons (Fsp3) is 0.538.